The number of thioether (sulfide) groups is 1. The fourth-order valence-electron chi connectivity index (χ4n) is 1.95. The lowest BCUT2D eigenvalue weighted by molar-refractivity contribution is 0.735. The number of fused-ring (bicyclic) bond motifs is 1. The molecule has 0 radical (unpaired) electrons. The van der Waals surface area contributed by atoms with Gasteiger partial charge in [-0.1, -0.05) is 42.0 Å². The van der Waals surface area contributed by atoms with Crippen molar-refractivity contribution in [2.45, 2.75) is 30.6 Å². The van der Waals surface area contributed by atoms with Gasteiger partial charge in [-0.3, -0.25) is 4.79 Å². The Hall–Kier alpha value is -1.06. The maximum absolute atomic E-state index is 11.7. The van der Waals surface area contributed by atoms with E-state index in [-0.39, 0.29) is 4.74 Å². The Morgan fingerprint density at radius 2 is 2.05 bits per heavy atom. The third kappa shape index (κ3) is 4.22. The summed E-state index contributed by atoms with van der Waals surface area (Å²) in [5, 5.41) is 1.21. The van der Waals surface area contributed by atoms with Crippen molar-refractivity contribution in [3.05, 3.63) is 52.5 Å². The quantitative estimate of drug-likeness (QED) is 0.401. The Labute approximate surface area is 122 Å². The van der Waals surface area contributed by atoms with E-state index in [0.717, 1.165) is 21.8 Å². The summed E-state index contributed by atoms with van der Waals surface area (Å²) in [5.74, 6) is 1.08. The highest BCUT2D eigenvalue weighted by Crippen LogP contribution is 2.28. The van der Waals surface area contributed by atoms with Crippen LogP contribution in [0.1, 0.15) is 25.7 Å². The highest BCUT2D eigenvalue weighted by molar-refractivity contribution is 7.99. The van der Waals surface area contributed by atoms with Gasteiger partial charge >= 0.3 is 0 Å². The molecule has 0 fully saturated rings. The Morgan fingerprint density at radius 3 is 2.89 bits per heavy atom. The standard InChI is InChI=1S/C16H18OS2/c1-2-3-4-5-8-11-18-15-12-16(17)19-14-10-7-6-9-13(14)15/h2,6-7,9-10,12H,1,3-5,8,11H2. The van der Waals surface area contributed by atoms with Crippen molar-refractivity contribution in [1.29, 1.82) is 0 Å². The molecule has 2 rings (SSSR count). The van der Waals surface area contributed by atoms with Gasteiger partial charge in [0.15, 0.2) is 0 Å². The molecular weight excluding hydrogens is 272 g/mol. The van der Waals surface area contributed by atoms with Crippen molar-refractivity contribution >= 4 is 33.2 Å². The van der Waals surface area contributed by atoms with Gasteiger partial charge in [0.25, 0.3) is 0 Å². The van der Waals surface area contributed by atoms with Gasteiger partial charge in [0.1, 0.15) is 0 Å². The van der Waals surface area contributed by atoms with Crippen LogP contribution in [-0.2, 0) is 0 Å². The lowest BCUT2D eigenvalue weighted by Crippen LogP contribution is -1.93. The summed E-state index contributed by atoms with van der Waals surface area (Å²) in [6.07, 6.45) is 6.72. The van der Waals surface area contributed by atoms with Gasteiger partial charge in [0, 0.05) is 21.0 Å². The first-order valence-electron chi connectivity index (χ1n) is 6.58. The van der Waals surface area contributed by atoms with Crippen LogP contribution in [0, 0.1) is 0 Å². The van der Waals surface area contributed by atoms with E-state index >= 15 is 0 Å². The average molecular weight is 290 g/mol. The summed E-state index contributed by atoms with van der Waals surface area (Å²) in [5.41, 5.74) is 0. The zero-order chi connectivity index (χ0) is 13.5. The van der Waals surface area contributed by atoms with Crippen LogP contribution < -0.4 is 4.74 Å². The van der Waals surface area contributed by atoms with Gasteiger partial charge in [-0.15, -0.1) is 18.3 Å². The fraction of sp³-hybridized carbons (Fsp3) is 0.312. The molecule has 1 aromatic carbocycles. The molecule has 0 amide bonds. The van der Waals surface area contributed by atoms with Crippen molar-refractivity contribution < 1.29 is 0 Å². The summed E-state index contributed by atoms with van der Waals surface area (Å²) in [7, 11) is 0. The fourth-order valence-corrected chi connectivity index (χ4v) is 4.01. The molecule has 0 unspecified atom stereocenters. The first kappa shape index (κ1) is 14.4. The molecule has 0 spiro atoms. The van der Waals surface area contributed by atoms with Crippen molar-refractivity contribution in [1.82, 2.24) is 0 Å². The first-order valence-corrected chi connectivity index (χ1v) is 8.38. The largest absolute Gasteiger partial charge is 0.278 e. The predicted molar refractivity (Wildman–Crippen MR) is 87.5 cm³/mol. The van der Waals surface area contributed by atoms with Crippen LogP contribution in [0.3, 0.4) is 0 Å². The van der Waals surface area contributed by atoms with Crippen molar-refractivity contribution in [3.8, 4) is 0 Å². The second-order valence-corrected chi connectivity index (χ2v) is 6.60. The van der Waals surface area contributed by atoms with Gasteiger partial charge < -0.3 is 0 Å². The summed E-state index contributed by atoms with van der Waals surface area (Å²) in [6, 6.07) is 9.93. The summed E-state index contributed by atoms with van der Waals surface area (Å²) in [4.78, 5) is 12.8. The highest BCUT2D eigenvalue weighted by atomic mass is 32.2. The van der Waals surface area contributed by atoms with E-state index in [0.29, 0.717) is 0 Å². The molecule has 100 valence electrons. The molecule has 1 heterocycles. The Bertz CT molecular complexity index is 601. The third-order valence-electron chi connectivity index (χ3n) is 2.92. The molecule has 3 heteroatoms. The summed E-state index contributed by atoms with van der Waals surface area (Å²) >= 11 is 3.13. The normalized spacial score (nSPS) is 10.7. The Morgan fingerprint density at radius 1 is 1.21 bits per heavy atom. The Kier molecular flexibility index (Phi) is 5.67. The molecular formula is C16H18OS2. The van der Waals surface area contributed by atoms with Crippen LogP contribution >= 0.6 is 23.1 Å². The molecule has 19 heavy (non-hydrogen) atoms. The predicted octanol–water partition coefficient (Wildman–Crippen LogP) is 5.10. The molecule has 0 saturated heterocycles. The molecule has 0 aliphatic rings. The number of hydrogen-bond donors (Lipinski definition) is 0. The summed E-state index contributed by atoms with van der Waals surface area (Å²) < 4.78 is 1.23. The maximum atomic E-state index is 11.7. The minimum atomic E-state index is 0.146. The van der Waals surface area contributed by atoms with Gasteiger partial charge in [0.05, 0.1) is 0 Å². The van der Waals surface area contributed by atoms with E-state index in [9.17, 15) is 4.79 Å². The van der Waals surface area contributed by atoms with E-state index in [4.69, 9.17) is 0 Å². The molecule has 0 aliphatic heterocycles. The second-order valence-electron chi connectivity index (χ2n) is 4.41. The van der Waals surface area contributed by atoms with Crippen molar-refractivity contribution in [2.75, 3.05) is 5.75 Å². The lowest BCUT2D eigenvalue weighted by atomic mass is 10.2. The zero-order valence-electron chi connectivity index (χ0n) is 10.9. The molecule has 2 aromatic rings. The SMILES string of the molecule is C=CCCCCCSc1cc(=O)sc2ccccc12. The number of rotatable bonds is 7. The molecule has 0 bridgehead atoms. The third-order valence-corrected chi connectivity index (χ3v) is 4.96. The minimum Gasteiger partial charge on any atom is -0.278 e. The monoisotopic (exact) mass is 290 g/mol. The van der Waals surface area contributed by atoms with Crippen LogP contribution in [0.2, 0.25) is 0 Å². The molecule has 0 aliphatic carbocycles. The molecule has 0 atom stereocenters. The number of hydrogen-bond acceptors (Lipinski definition) is 3. The minimum absolute atomic E-state index is 0.146. The maximum Gasteiger partial charge on any atom is 0.234 e. The highest BCUT2D eigenvalue weighted by Gasteiger charge is 2.03. The molecule has 1 aromatic heterocycles. The van der Waals surface area contributed by atoms with E-state index < -0.39 is 0 Å². The van der Waals surface area contributed by atoms with Gasteiger partial charge in [-0.25, -0.2) is 0 Å². The lowest BCUT2D eigenvalue weighted by Gasteiger charge is -2.05. The number of allylic oxidation sites excluding steroid dienone is 1. The van der Waals surface area contributed by atoms with Crippen molar-refractivity contribution in [3.63, 3.8) is 0 Å². The van der Waals surface area contributed by atoms with Gasteiger partial charge in [-0.05, 0) is 31.1 Å². The smallest absolute Gasteiger partial charge is 0.234 e. The molecule has 0 saturated carbocycles. The van der Waals surface area contributed by atoms with Crippen LogP contribution in [-0.4, -0.2) is 5.75 Å². The zero-order valence-corrected chi connectivity index (χ0v) is 12.6. The van der Waals surface area contributed by atoms with Gasteiger partial charge in [-0.2, -0.15) is 0 Å². The van der Waals surface area contributed by atoms with Gasteiger partial charge in [0.2, 0.25) is 4.74 Å². The number of unbranched alkanes of at least 4 members (excludes halogenated alkanes) is 3. The Balaban J connectivity index is 2.00. The van der Waals surface area contributed by atoms with Crippen LogP contribution in [0.4, 0.5) is 0 Å². The topological polar surface area (TPSA) is 17.1 Å². The second kappa shape index (κ2) is 7.51. The first-order chi connectivity index (χ1) is 9.31. The van der Waals surface area contributed by atoms with E-state index in [1.54, 1.807) is 17.8 Å². The van der Waals surface area contributed by atoms with E-state index in [1.807, 2.05) is 24.3 Å². The average Bonchev–Trinajstić information content (AvgIpc) is 2.42. The van der Waals surface area contributed by atoms with E-state index in [2.05, 4.69) is 12.6 Å². The summed E-state index contributed by atoms with van der Waals surface area (Å²) in [6.45, 7) is 3.73. The van der Waals surface area contributed by atoms with Crippen LogP contribution in [0.25, 0.3) is 10.1 Å². The molecule has 0 N–H and O–H groups in total. The number of benzene rings is 1. The van der Waals surface area contributed by atoms with E-state index in [1.165, 1.54) is 36.0 Å². The molecule has 1 nitrogen and oxygen atoms in total. The van der Waals surface area contributed by atoms with Crippen LogP contribution in [0.5, 0.6) is 0 Å². The van der Waals surface area contributed by atoms with Crippen molar-refractivity contribution in [2.24, 2.45) is 0 Å². The van der Waals surface area contributed by atoms with Crippen LogP contribution in [0.15, 0.2) is 52.7 Å².